The Morgan fingerprint density at radius 1 is 1.16 bits per heavy atom. The van der Waals surface area contributed by atoms with Gasteiger partial charge in [0.15, 0.2) is 0 Å². The zero-order chi connectivity index (χ0) is 18.8. The summed E-state index contributed by atoms with van der Waals surface area (Å²) in [4.78, 5) is 26.8. The van der Waals surface area contributed by atoms with E-state index >= 15 is 0 Å². The smallest absolute Gasteiger partial charge is 0.247 e. The van der Waals surface area contributed by atoms with E-state index < -0.39 is 26.3 Å². The van der Waals surface area contributed by atoms with Crippen molar-refractivity contribution in [2.24, 2.45) is 10.2 Å². The Morgan fingerprint density at radius 3 is 2.40 bits per heavy atom. The summed E-state index contributed by atoms with van der Waals surface area (Å²) >= 11 is 0. The number of amidine groups is 2. The molecule has 2 heterocycles. The van der Waals surface area contributed by atoms with E-state index in [0.29, 0.717) is 0 Å². The number of carbonyl (C=O) groups is 2. The fourth-order valence-electron chi connectivity index (χ4n) is 2.26. The Labute approximate surface area is 151 Å². The zero-order valence-corrected chi connectivity index (χ0v) is 15.9. The maximum absolute atomic E-state index is 12.6. The molecule has 0 N–H and O–H groups in total. The van der Waals surface area contributed by atoms with Crippen LogP contribution in [0.3, 0.4) is 0 Å². The van der Waals surface area contributed by atoms with Crippen LogP contribution in [0.1, 0.15) is 20.8 Å². The summed E-state index contributed by atoms with van der Waals surface area (Å²) in [7, 11) is -3.33. The third kappa shape index (κ3) is 3.54. The van der Waals surface area contributed by atoms with Crippen LogP contribution in [0.4, 0.5) is 0 Å². The molecule has 2 atom stereocenters. The van der Waals surface area contributed by atoms with E-state index in [1.807, 2.05) is 0 Å². The van der Waals surface area contributed by atoms with Gasteiger partial charge in [-0.25, -0.2) is 0 Å². The van der Waals surface area contributed by atoms with Gasteiger partial charge >= 0.3 is 0 Å². The monoisotopic (exact) mass is 384 g/mol. The van der Waals surface area contributed by atoms with Crippen LogP contribution in [0.2, 0.25) is 0 Å². The molecule has 0 aliphatic carbocycles. The molecule has 0 aromatic heterocycles. The van der Waals surface area contributed by atoms with Gasteiger partial charge in [0.2, 0.25) is 22.1 Å². The zero-order valence-electron chi connectivity index (χ0n) is 14.3. The predicted molar refractivity (Wildman–Crippen MR) is 98.5 cm³/mol. The fourth-order valence-corrected chi connectivity index (χ4v) is 4.52. The van der Waals surface area contributed by atoms with E-state index in [9.17, 15) is 18.0 Å². The standard InChI is InChI=1S/C15H20N4O4S2/c1-5-7-9-19-12(21)15(3,4)25(23)14(19)17-16-13-18(8-6-2)11(20)10-24(13)22/h5-7H,2,8-10H2,1,3-4H3. The molecule has 8 nitrogen and oxygen atoms in total. The van der Waals surface area contributed by atoms with E-state index in [4.69, 9.17) is 0 Å². The average molecular weight is 384 g/mol. The predicted octanol–water partition coefficient (Wildman–Crippen LogP) is 0.336. The van der Waals surface area contributed by atoms with Gasteiger partial charge in [-0.3, -0.25) is 27.8 Å². The van der Waals surface area contributed by atoms with Crippen molar-refractivity contribution >= 4 is 43.7 Å². The first-order valence-corrected chi connectivity index (χ1v) is 10.0. The second-order valence-electron chi connectivity index (χ2n) is 5.81. The van der Waals surface area contributed by atoms with Crippen molar-refractivity contribution in [3.05, 3.63) is 24.8 Å². The highest BCUT2D eigenvalue weighted by Gasteiger charge is 2.50. The first-order valence-electron chi connectivity index (χ1n) is 7.56. The van der Waals surface area contributed by atoms with E-state index in [2.05, 4.69) is 16.8 Å². The largest absolute Gasteiger partial charge is 0.283 e. The van der Waals surface area contributed by atoms with Crippen LogP contribution >= 0.6 is 0 Å². The van der Waals surface area contributed by atoms with Crippen molar-refractivity contribution < 1.29 is 18.0 Å². The van der Waals surface area contributed by atoms with Crippen molar-refractivity contribution in [2.75, 3.05) is 18.8 Å². The highest BCUT2D eigenvalue weighted by molar-refractivity contribution is 8.03. The molecule has 2 aliphatic rings. The number of nitrogens with zero attached hydrogens (tertiary/aromatic N) is 4. The van der Waals surface area contributed by atoms with Gasteiger partial charge in [0.05, 0.1) is 0 Å². The summed E-state index contributed by atoms with van der Waals surface area (Å²) < 4.78 is 23.6. The van der Waals surface area contributed by atoms with E-state index in [1.54, 1.807) is 32.9 Å². The lowest BCUT2D eigenvalue weighted by atomic mass is 10.2. The third-order valence-electron chi connectivity index (χ3n) is 3.67. The molecule has 2 amide bonds. The van der Waals surface area contributed by atoms with Crippen LogP contribution in [-0.2, 0) is 31.2 Å². The lowest BCUT2D eigenvalue weighted by Crippen LogP contribution is -2.36. The molecule has 2 saturated heterocycles. The number of hydrogen-bond acceptors (Lipinski definition) is 6. The molecule has 10 heteroatoms. The van der Waals surface area contributed by atoms with Crippen molar-refractivity contribution in [1.29, 1.82) is 0 Å². The third-order valence-corrected chi connectivity index (χ3v) is 6.62. The topological polar surface area (TPSA) is 99.5 Å². The Bertz CT molecular complexity index is 755. The van der Waals surface area contributed by atoms with Crippen LogP contribution < -0.4 is 0 Å². The number of carbonyl (C=O) groups excluding carboxylic acids is 2. The number of allylic oxidation sites excluding steroid dienone is 1. The normalized spacial score (nSPS) is 29.6. The molecule has 2 rings (SSSR count). The maximum atomic E-state index is 12.6. The molecule has 0 spiro atoms. The Kier molecular flexibility index (Phi) is 5.83. The molecule has 2 unspecified atom stereocenters. The average Bonchev–Trinajstić information content (AvgIpc) is 2.91. The summed E-state index contributed by atoms with van der Waals surface area (Å²) in [5.74, 6) is -0.839. The molecule has 0 bridgehead atoms. The number of hydrogen-bond donors (Lipinski definition) is 0. The summed E-state index contributed by atoms with van der Waals surface area (Å²) in [6.45, 7) is 8.88. The van der Waals surface area contributed by atoms with Crippen LogP contribution in [0.15, 0.2) is 35.0 Å². The first kappa shape index (κ1) is 19.4. The highest BCUT2D eigenvalue weighted by atomic mass is 32.2. The minimum atomic E-state index is -1.71. The summed E-state index contributed by atoms with van der Waals surface area (Å²) in [5.41, 5.74) is 0. The fraction of sp³-hybridized carbons (Fsp3) is 0.467. The van der Waals surface area contributed by atoms with Crippen LogP contribution in [-0.4, -0.2) is 64.0 Å². The molecule has 25 heavy (non-hydrogen) atoms. The van der Waals surface area contributed by atoms with Gasteiger partial charge in [-0.15, -0.1) is 16.8 Å². The maximum Gasteiger partial charge on any atom is 0.247 e. The minimum Gasteiger partial charge on any atom is -0.283 e. The van der Waals surface area contributed by atoms with Crippen molar-refractivity contribution in [3.8, 4) is 0 Å². The van der Waals surface area contributed by atoms with E-state index in [-0.39, 0.29) is 41.0 Å². The van der Waals surface area contributed by atoms with Crippen LogP contribution in [0.25, 0.3) is 0 Å². The second kappa shape index (κ2) is 7.52. The molecule has 0 saturated carbocycles. The highest BCUT2D eigenvalue weighted by Crippen LogP contribution is 2.27. The minimum absolute atomic E-state index is 0.00416. The van der Waals surface area contributed by atoms with Gasteiger partial charge in [0, 0.05) is 13.1 Å². The summed E-state index contributed by atoms with van der Waals surface area (Å²) in [6.07, 6.45) is 4.99. The Morgan fingerprint density at radius 2 is 1.80 bits per heavy atom. The quantitative estimate of drug-likeness (QED) is 0.504. The van der Waals surface area contributed by atoms with E-state index in [0.717, 1.165) is 0 Å². The SMILES string of the molecule is C=CCN1C(=O)CS(=O)C1=NN=C1N(CC=CC)C(=O)C(C)(C)S1=O. The molecule has 0 aromatic rings. The molecule has 136 valence electrons. The van der Waals surface area contributed by atoms with Crippen LogP contribution in [0, 0.1) is 0 Å². The molecule has 0 radical (unpaired) electrons. The lowest BCUT2D eigenvalue weighted by Gasteiger charge is -2.15. The number of rotatable bonds is 5. The van der Waals surface area contributed by atoms with Gasteiger partial charge in [0.1, 0.15) is 32.1 Å². The summed E-state index contributed by atoms with van der Waals surface area (Å²) in [6, 6.07) is 0. The molecular weight excluding hydrogens is 364 g/mol. The van der Waals surface area contributed by atoms with Crippen molar-refractivity contribution in [2.45, 2.75) is 25.5 Å². The van der Waals surface area contributed by atoms with Gasteiger partial charge in [-0.2, -0.15) is 0 Å². The van der Waals surface area contributed by atoms with Crippen LogP contribution in [0.5, 0.6) is 0 Å². The van der Waals surface area contributed by atoms with Gasteiger partial charge in [0.25, 0.3) is 0 Å². The first-order chi connectivity index (χ1) is 11.8. The van der Waals surface area contributed by atoms with Crippen molar-refractivity contribution in [3.63, 3.8) is 0 Å². The molecule has 2 aliphatic heterocycles. The number of amides is 2. The Hall–Kier alpha value is -1.94. The molecule has 0 aromatic carbocycles. The van der Waals surface area contributed by atoms with Gasteiger partial charge in [-0.05, 0) is 20.8 Å². The van der Waals surface area contributed by atoms with Gasteiger partial charge < -0.3 is 0 Å². The summed E-state index contributed by atoms with van der Waals surface area (Å²) in [5, 5.41) is 7.81. The lowest BCUT2D eigenvalue weighted by molar-refractivity contribution is -0.128. The Balaban J connectivity index is 2.44. The molecular formula is C15H20N4O4S2. The van der Waals surface area contributed by atoms with Crippen molar-refractivity contribution in [1.82, 2.24) is 9.80 Å². The second-order valence-corrected chi connectivity index (χ2v) is 9.08. The van der Waals surface area contributed by atoms with E-state index in [1.165, 1.54) is 15.9 Å². The molecule has 2 fully saturated rings. The van der Waals surface area contributed by atoms with Gasteiger partial charge in [-0.1, -0.05) is 18.2 Å².